The van der Waals surface area contributed by atoms with Crippen LogP contribution < -0.4 is 9.64 Å². The van der Waals surface area contributed by atoms with Crippen molar-refractivity contribution in [2.24, 2.45) is 0 Å². The maximum Gasteiger partial charge on any atom is 0.271 e. The van der Waals surface area contributed by atoms with Gasteiger partial charge in [0.25, 0.3) is 11.6 Å². The normalized spacial score (nSPS) is 22.6. The fourth-order valence-electron chi connectivity index (χ4n) is 4.16. The van der Waals surface area contributed by atoms with Crippen LogP contribution in [0.3, 0.4) is 0 Å². The molecule has 0 aliphatic carbocycles. The number of hydrogen-bond acceptors (Lipinski definition) is 3. The summed E-state index contributed by atoms with van der Waals surface area (Å²) in [6.45, 7) is 4.04. The van der Waals surface area contributed by atoms with Gasteiger partial charge in [0.1, 0.15) is 11.4 Å². The van der Waals surface area contributed by atoms with E-state index in [-0.39, 0.29) is 0 Å². The molecule has 0 amide bonds. The van der Waals surface area contributed by atoms with Crippen LogP contribution in [-0.2, 0) is 5.72 Å². The van der Waals surface area contributed by atoms with E-state index < -0.39 is 5.72 Å². The Labute approximate surface area is 169 Å². The first kappa shape index (κ1) is 18.5. The predicted octanol–water partition coefficient (Wildman–Crippen LogP) is 4.50. The molecule has 2 aromatic rings. The molecule has 0 fully saturated rings. The number of aliphatic hydroxyl groups is 1. The molecule has 142 valence electrons. The van der Waals surface area contributed by atoms with Gasteiger partial charge in [-0.2, -0.15) is 0 Å². The molecule has 1 N–H and O–H groups in total. The molecule has 5 heteroatoms. The van der Waals surface area contributed by atoms with Crippen LogP contribution in [0.15, 0.2) is 53.0 Å². The third-order valence-electron chi connectivity index (χ3n) is 5.50. The second-order valence-corrected chi connectivity index (χ2v) is 8.13. The van der Waals surface area contributed by atoms with Gasteiger partial charge in [-0.1, -0.05) is 15.9 Å². The van der Waals surface area contributed by atoms with Gasteiger partial charge in [-0.05, 0) is 74.7 Å². The SMILES string of the molecule is CCOc1ccc([C@]2(O)CN(c3ccc(Br)cc3)C3=[N+]2CCCCC3)cc1. The molecule has 0 unspecified atom stereocenters. The maximum absolute atomic E-state index is 11.8. The predicted molar refractivity (Wildman–Crippen MR) is 112 cm³/mol. The molecule has 0 spiro atoms. The minimum absolute atomic E-state index is 0.540. The van der Waals surface area contributed by atoms with E-state index in [1.165, 1.54) is 12.3 Å². The fraction of sp³-hybridized carbons (Fsp3) is 0.409. The highest BCUT2D eigenvalue weighted by atomic mass is 79.9. The summed E-state index contributed by atoms with van der Waals surface area (Å²) in [4.78, 5) is 2.29. The molecule has 2 aliphatic rings. The number of nitrogens with zero attached hydrogens (tertiary/aromatic N) is 2. The molecule has 4 nitrogen and oxygen atoms in total. The topological polar surface area (TPSA) is 35.7 Å². The van der Waals surface area contributed by atoms with Gasteiger partial charge in [0.2, 0.25) is 0 Å². The third kappa shape index (κ3) is 3.50. The van der Waals surface area contributed by atoms with Crippen molar-refractivity contribution in [3.63, 3.8) is 0 Å². The van der Waals surface area contributed by atoms with Gasteiger partial charge < -0.3 is 9.84 Å². The number of halogens is 1. The van der Waals surface area contributed by atoms with Crippen molar-refractivity contribution in [1.29, 1.82) is 0 Å². The largest absolute Gasteiger partial charge is 0.494 e. The van der Waals surface area contributed by atoms with Crippen molar-refractivity contribution in [1.82, 2.24) is 0 Å². The van der Waals surface area contributed by atoms with Crippen molar-refractivity contribution in [2.75, 3.05) is 24.6 Å². The van der Waals surface area contributed by atoms with Crippen molar-refractivity contribution in [3.8, 4) is 5.75 Å². The number of hydrogen-bond donors (Lipinski definition) is 1. The Kier molecular flexibility index (Phi) is 5.24. The lowest BCUT2D eigenvalue weighted by atomic mass is 10.0. The lowest BCUT2D eigenvalue weighted by Crippen LogP contribution is -2.41. The van der Waals surface area contributed by atoms with Crippen LogP contribution >= 0.6 is 15.9 Å². The van der Waals surface area contributed by atoms with Crippen molar-refractivity contribution in [3.05, 3.63) is 58.6 Å². The molecule has 0 saturated heterocycles. The highest BCUT2D eigenvalue weighted by Crippen LogP contribution is 2.36. The first-order valence-corrected chi connectivity index (χ1v) is 10.5. The zero-order chi connectivity index (χ0) is 18.9. The highest BCUT2D eigenvalue weighted by molar-refractivity contribution is 9.10. The number of amidine groups is 1. The second-order valence-electron chi connectivity index (χ2n) is 7.22. The minimum Gasteiger partial charge on any atom is -0.494 e. The number of benzene rings is 2. The Morgan fingerprint density at radius 1 is 1.07 bits per heavy atom. The van der Waals surface area contributed by atoms with Gasteiger partial charge in [0, 0.05) is 16.5 Å². The van der Waals surface area contributed by atoms with Gasteiger partial charge in [-0.25, -0.2) is 9.48 Å². The summed E-state index contributed by atoms with van der Waals surface area (Å²) in [5, 5.41) is 11.8. The van der Waals surface area contributed by atoms with Crippen LogP contribution in [0.25, 0.3) is 0 Å². The smallest absolute Gasteiger partial charge is 0.271 e. The second kappa shape index (κ2) is 7.64. The average molecular weight is 430 g/mol. The Bertz CT molecular complexity index is 832. The highest BCUT2D eigenvalue weighted by Gasteiger charge is 2.51. The Balaban J connectivity index is 1.74. The standard InChI is InChI=1S/C22H26BrN2O2/c1-2-27-20-13-7-17(8-14-20)22(26)16-24(19-11-9-18(23)10-12-19)21-6-4-3-5-15-25(21)22/h7-14,26H,2-6,15-16H2,1H3/q+1/t22-/m1/s1. The van der Waals surface area contributed by atoms with E-state index in [0.717, 1.165) is 47.3 Å². The molecule has 2 aromatic carbocycles. The average Bonchev–Trinajstić information content (AvgIpc) is 2.84. The zero-order valence-corrected chi connectivity index (χ0v) is 17.3. The van der Waals surface area contributed by atoms with Crippen LogP contribution in [0.5, 0.6) is 5.75 Å². The van der Waals surface area contributed by atoms with Gasteiger partial charge in [-0.15, -0.1) is 0 Å². The van der Waals surface area contributed by atoms with Gasteiger partial charge in [0.05, 0.1) is 13.2 Å². The number of anilines is 1. The molecule has 0 radical (unpaired) electrons. The monoisotopic (exact) mass is 429 g/mol. The molecular weight excluding hydrogens is 404 g/mol. The summed E-state index contributed by atoms with van der Waals surface area (Å²) in [5.74, 6) is 2.07. The van der Waals surface area contributed by atoms with Crippen molar-refractivity contribution < 1.29 is 14.4 Å². The number of ether oxygens (including phenoxy) is 1. The molecule has 0 saturated carbocycles. The quantitative estimate of drug-likeness (QED) is 0.726. The molecule has 2 aliphatic heterocycles. The Morgan fingerprint density at radius 3 is 2.52 bits per heavy atom. The van der Waals surface area contributed by atoms with Gasteiger partial charge >= 0.3 is 0 Å². The van der Waals surface area contributed by atoms with Crippen molar-refractivity contribution >= 4 is 27.5 Å². The fourth-order valence-corrected chi connectivity index (χ4v) is 4.43. The summed E-state index contributed by atoms with van der Waals surface area (Å²) in [7, 11) is 0. The molecule has 0 aromatic heterocycles. The van der Waals surface area contributed by atoms with Crippen LogP contribution in [0.2, 0.25) is 0 Å². The summed E-state index contributed by atoms with van der Waals surface area (Å²) in [6, 6.07) is 16.3. The molecular formula is C22H26BrN2O2+. The first-order chi connectivity index (χ1) is 13.1. The lowest BCUT2D eigenvalue weighted by Gasteiger charge is -2.23. The van der Waals surface area contributed by atoms with Gasteiger partial charge in [0.15, 0.2) is 6.54 Å². The van der Waals surface area contributed by atoms with Crippen LogP contribution in [0.4, 0.5) is 5.69 Å². The van der Waals surface area contributed by atoms with E-state index in [2.05, 4.69) is 49.7 Å². The molecule has 0 bridgehead atoms. The lowest BCUT2D eigenvalue weighted by molar-refractivity contribution is -0.658. The summed E-state index contributed by atoms with van der Waals surface area (Å²) in [6.07, 6.45) is 4.47. The van der Waals surface area contributed by atoms with E-state index in [1.54, 1.807) is 0 Å². The van der Waals surface area contributed by atoms with E-state index in [1.807, 2.05) is 31.2 Å². The van der Waals surface area contributed by atoms with Crippen LogP contribution in [0, 0.1) is 0 Å². The van der Waals surface area contributed by atoms with Crippen LogP contribution in [-0.4, -0.2) is 35.2 Å². The summed E-state index contributed by atoms with van der Waals surface area (Å²) >= 11 is 3.52. The summed E-state index contributed by atoms with van der Waals surface area (Å²) < 4.78 is 8.85. The van der Waals surface area contributed by atoms with E-state index in [9.17, 15) is 5.11 Å². The number of β-amino-alcohol motifs (C(OH)–C–C–N with tert-alkyl or cyclic N) is 1. The van der Waals surface area contributed by atoms with Crippen LogP contribution in [0.1, 0.15) is 38.2 Å². The molecule has 4 rings (SSSR count). The molecule has 2 heterocycles. The van der Waals surface area contributed by atoms with Crippen molar-refractivity contribution in [2.45, 2.75) is 38.3 Å². The first-order valence-electron chi connectivity index (χ1n) is 9.74. The Morgan fingerprint density at radius 2 is 1.81 bits per heavy atom. The maximum atomic E-state index is 11.8. The zero-order valence-electron chi connectivity index (χ0n) is 15.7. The molecule has 1 atom stereocenters. The van der Waals surface area contributed by atoms with Gasteiger partial charge in [-0.3, -0.25) is 0 Å². The van der Waals surface area contributed by atoms with E-state index in [0.29, 0.717) is 13.2 Å². The van der Waals surface area contributed by atoms with E-state index >= 15 is 0 Å². The summed E-state index contributed by atoms with van der Waals surface area (Å²) in [5.41, 5.74) is 1.03. The minimum atomic E-state index is -1.02. The molecule has 27 heavy (non-hydrogen) atoms. The number of rotatable bonds is 4. The van der Waals surface area contributed by atoms with E-state index in [4.69, 9.17) is 4.74 Å². The third-order valence-corrected chi connectivity index (χ3v) is 6.02. The Hall–Kier alpha value is -1.85.